The quantitative estimate of drug-likeness (QED) is 0.902. The molecular weight excluding hydrogens is 282 g/mol. The van der Waals surface area contributed by atoms with Gasteiger partial charge in [-0.2, -0.15) is 0 Å². The largest absolute Gasteiger partial charge is 0.314 e. The summed E-state index contributed by atoms with van der Waals surface area (Å²) in [6.07, 6.45) is 0. The van der Waals surface area contributed by atoms with Gasteiger partial charge >= 0.3 is 0 Å². The summed E-state index contributed by atoms with van der Waals surface area (Å²) >= 11 is 6.11. The summed E-state index contributed by atoms with van der Waals surface area (Å²) in [7, 11) is 2.20. The lowest BCUT2D eigenvalue weighted by Gasteiger charge is -2.44. The van der Waals surface area contributed by atoms with Gasteiger partial charge in [-0.1, -0.05) is 23.7 Å². The summed E-state index contributed by atoms with van der Waals surface area (Å²) in [4.78, 5) is 5.01. The molecule has 0 radical (unpaired) electrons. The topological polar surface area (TPSA) is 18.5 Å². The summed E-state index contributed by atoms with van der Waals surface area (Å²) in [5, 5.41) is 4.24. The second-order valence-corrected chi connectivity index (χ2v) is 7.13. The smallest absolute Gasteiger partial charge is 0.0409 e. The van der Waals surface area contributed by atoms with Gasteiger partial charge in [0.2, 0.25) is 0 Å². The van der Waals surface area contributed by atoms with Crippen LogP contribution in [0.15, 0.2) is 24.3 Å². The standard InChI is InChI=1S/C17H28ClN3/c1-14(15-6-5-7-16(18)12-15)20(4)13-17(2,3)21-10-8-19-9-11-21/h5-7,12,14,19H,8-11,13H2,1-4H3. The first-order valence-electron chi connectivity index (χ1n) is 7.81. The summed E-state index contributed by atoms with van der Waals surface area (Å²) in [5.41, 5.74) is 1.46. The number of hydrogen-bond acceptors (Lipinski definition) is 3. The molecule has 3 nitrogen and oxygen atoms in total. The Morgan fingerprint density at radius 2 is 2.00 bits per heavy atom. The van der Waals surface area contributed by atoms with Crippen LogP contribution in [0.5, 0.6) is 0 Å². The van der Waals surface area contributed by atoms with Crippen molar-refractivity contribution in [2.24, 2.45) is 0 Å². The van der Waals surface area contributed by atoms with E-state index in [4.69, 9.17) is 11.6 Å². The Hall–Kier alpha value is -0.610. The highest BCUT2D eigenvalue weighted by Crippen LogP contribution is 2.25. The maximum atomic E-state index is 6.11. The van der Waals surface area contributed by atoms with Gasteiger partial charge in [-0.3, -0.25) is 9.80 Å². The number of likely N-dealkylation sites (N-methyl/N-ethyl adjacent to an activating group) is 1. The van der Waals surface area contributed by atoms with Gasteiger partial charge in [0.05, 0.1) is 0 Å². The molecule has 2 rings (SSSR count). The van der Waals surface area contributed by atoms with Gasteiger partial charge in [-0.25, -0.2) is 0 Å². The summed E-state index contributed by atoms with van der Waals surface area (Å²) in [6, 6.07) is 8.56. The lowest BCUT2D eigenvalue weighted by Crippen LogP contribution is -2.57. The van der Waals surface area contributed by atoms with Crippen molar-refractivity contribution >= 4 is 11.6 Å². The molecule has 1 N–H and O–H groups in total. The van der Waals surface area contributed by atoms with Crippen molar-refractivity contribution in [2.45, 2.75) is 32.4 Å². The zero-order valence-corrected chi connectivity index (χ0v) is 14.5. The number of benzene rings is 1. The minimum absolute atomic E-state index is 0.184. The maximum Gasteiger partial charge on any atom is 0.0409 e. The minimum atomic E-state index is 0.184. The molecule has 1 saturated heterocycles. The number of piperazine rings is 1. The molecule has 1 aliphatic heterocycles. The summed E-state index contributed by atoms with van der Waals surface area (Å²) in [5.74, 6) is 0. The van der Waals surface area contributed by atoms with E-state index in [1.807, 2.05) is 12.1 Å². The zero-order valence-electron chi connectivity index (χ0n) is 13.7. The van der Waals surface area contributed by atoms with Crippen LogP contribution in [0.1, 0.15) is 32.4 Å². The fourth-order valence-electron chi connectivity index (χ4n) is 3.14. The lowest BCUT2D eigenvalue weighted by molar-refractivity contribution is 0.0602. The van der Waals surface area contributed by atoms with Gasteiger partial charge in [-0.15, -0.1) is 0 Å². The SMILES string of the molecule is CC(c1cccc(Cl)c1)N(C)CC(C)(C)N1CCNCC1. The van der Waals surface area contributed by atoms with Gasteiger partial charge in [0.1, 0.15) is 0 Å². The molecule has 1 atom stereocenters. The molecule has 1 heterocycles. The van der Waals surface area contributed by atoms with Crippen LogP contribution in [0.3, 0.4) is 0 Å². The van der Waals surface area contributed by atoms with Crippen LogP contribution in [0.2, 0.25) is 5.02 Å². The Labute approximate surface area is 134 Å². The molecule has 0 saturated carbocycles. The fraction of sp³-hybridized carbons (Fsp3) is 0.647. The van der Waals surface area contributed by atoms with Crippen LogP contribution in [-0.4, -0.2) is 55.1 Å². The molecule has 118 valence electrons. The molecule has 0 amide bonds. The summed E-state index contributed by atoms with van der Waals surface area (Å²) in [6.45, 7) is 12.4. The van der Waals surface area contributed by atoms with E-state index >= 15 is 0 Å². The molecule has 4 heteroatoms. The first-order valence-corrected chi connectivity index (χ1v) is 8.19. The van der Waals surface area contributed by atoms with Crippen LogP contribution in [0, 0.1) is 0 Å². The molecule has 1 aliphatic rings. The third-order valence-corrected chi connectivity index (χ3v) is 4.84. The molecular formula is C17H28ClN3. The number of hydrogen-bond donors (Lipinski definition) is 1. The van der Waals surface area contributed by atoms with E-state index in [1.165, 1.54) is 5.56 Å². The fourth-order valence-corrected chi connectivity index (χ4v) is 3.34. The highest BCUT2D eigenvalue weighted by Gasteiger charge is 2.30. The van der Waals surface area contributed by atoms with E-state index in [0.29, 0.717) is 6.04 Å². The third-order valence-electron chi connectivity index (χ3n) is 4.60. The maximum absolute atomic E-state index is 6.11. The lowest BCUT2D eigenvalue weighted by atomic mass is 9.99. The Morgan fingerprint density at radius 3 is 2.62 bits per heavy atom. The predicted octanol–water partition coefficient (Wildman–Crippen LogP) is 3.02. The van der Waals surface area contributed by atoms with Gasteiger partial charge in [-0.05, 0) is 45.5 Å². The van der Waals surface area contributed by atoms with Crippen LogP contribution >= 0.6 is 11.6 Å². The van der Waals surface area contributed by atoms with Gasteiger partial charge in [0.15, 0.2) is 0 Å². The van der Waals surface area contributed by atoms with E-state index in [9.17, 15) is 0 Å². The Balaban J connectivity index is 2.00. The van der Waals surface area contributed by atoms with E-state index in [1.54, 1.807) is 0 Å². The number of nitrogens with zero attached hydrogens (tertiary/aromatic N) is 2. The first-order chi connectivity index (χ1) is 9.90. The van der Waals surface area contributed by atoms with Crippen molar-refractivity contribution in [1.29, 1.82) is 0 Å². The number of halogens is 1. The van der Waals surface area contributed by atoms with Crippen molar-refractivity contribution in [3.8, 4) is 0 Å². The average molecular weight is 310 g/mol. The Kier molecular flexibility index (Phi) is 5.67. The molecule has 1 fully saturated rings. The third kappa shape index (κ3) is 4.43. The predicted molar refractivity (Wildman–Crippen MR) is 91.0 cm³/mol. The Bertz CT molecular complexity index is 455. The van der Waals surface area contributed by atoms with Crippen molar-refractivity contribution in [3.05, 3.63) is 34.9 Å². The van der Waals surface area contributed by atoms with Crippen molar-refractivity contribution < 1.29 is 0 Å². The van der Waals surface area contributed by atoms with E-state index in [-0.39, 0.29) is 5.54 Å². The van der Waals surface area contributed by atoms with Gasteiger partial charge in [0, 0.05) is 49.3 Å². The number of rotatable bonds is 5. The van der Waals surface area contributed by atoms with Crippen LogP contribution < -0.4 is 5.32 Å². The van der Waals surface area contributed by atoms with E-state index in [0.717, 1.165) is 37.7 Å². The number of nitrogens with one attached hydrogen (secondary N) is 1. The molecule has 0 aliphatic carbocycles. The van der Waals surface area contributed by atoms with Crippen LogP contribution in [0.4, 0.5) is 0 Å². The Morgan fingerprint density at radius 1 is 1.33 bits per heavy atom. The second kappa shape index (κ2) is 7.10. The normalized spacial score (nSPS) is 19.0. The molecule has 0 aromatic heterocycles. The molecule has 1 aromatic rings. The van der Waals surface area contributed by atoms with Gasteiger partial charge < -0.3 is 5.32 Å². The summed E-state index contributed by atoms with van der Waals surface area (Å²) < 4.78 is 0. The molecule has 0 spiro atoms. The highest BCUT2D eigenvalue weighted by molar-refractivity contribution is 6.30. The monoisotopic (exact) mass is 309 g/mol. The van der Waals surface area contributed by atoms with Gasteiger partial charge in [0.25, 0.3) is 0 Å². The second-order valence-electron chi connectivity index (χ2n) is 6.70. The van der Waals surface area contributed by atoms with Crippen molar-refractivity contribution in [2.75, 3.05) is 39.8 Å². The van der Waals surface area contributed by atoms with E-state index < -0.39 is 0 Å². The van der Waals surface area contributed by atoms with Crippen molar-refractivity contribution in [3.63, 3.8) is 0 Å². The molecule has 1 aromatic carbocycles. The first kappa shape index (κ1) is 16.8. The van der Waals surface area contributed by atoms with E-state index in [2.05, 4.69) is 55.1 Å². The molecule has 0 bridgehead atoms. The average Bonchev–Trinajstić information content (AvgIpc) is 2.47. The highest BCUT2D eigenvalue weighted by atomic mass is 35.5. The zero-order chi connectivity index (χ0) is 15.5. The molecule has 21 heavy (non-hydrogen) atoms. The van der Waals surface area contributed by atoms with Crippen LogP contribution in [-0.2, 0) is 0 Å². The van der Waals surface area contributed by atoms with Crippen LogP contribution in [0.25, 0.3) is 0 Å². The van der Waals surface area contributed by atoms with Crippen molar-refractivity contribution in [1.82, 2.24) is 15.1 Å². The molecule has 1 unspecified atom stereocenters. The minimum Gasteiger partial charge on any atom is -0.314 e.